The van der Waals surface area contributed by atoms with E-state index in [4.69, 9.17) is 10.9 Å². The van der Waals surface area contributed by atoms with E-state index in [1.165, 1.54) is 5.56 Å². The summed E-state index contributed by atoms with van der Waals surface area (Å²) in [6, 6.07) is 3.93. The summed E-state index contributed by atoms with van der Waals surface area (Å²) < 4.78 is 0. The number of aliphatic hydroxyl groups is 1. The fourth-order valence-corrected chi connectivity index (χ4v) is 2.17. The summed E-state index contributed by atoms with van der Waals surface area (Å²) in [6.07, 6.45) is 1.86. The van der Waals surface area contributed by atoms with Gasteiger partial charge < -0.3 is 10.5 Å². The molecule has 1 saturated heterocycles. The van der Waals surface area contributed by atoms with Crippen LogP contribution in [0, 0.1) is 0 Å². The molecule has 6 heteroatoms. The van der Waals surface area contributed by atoms with E-state index in [9.17, 15) is 0 Å². The first-order valence-electron chi connectivity index (χ1n) is 6.29. The van der Waals surface area contributed by atoms with E-state index in [-0.39, 0.29) is 6.61 Å². The molecule has 4 N–H and O–H groups in total. The van der Waals surface area contributed by atoms with E-state index in [1.807, 2.05) is 18.3 Å². The molecule has 100 valence electrons. The molecule has 0 atom stereocenters. The van der Waals surface area contributed by atoms with Gasteiger partial charge in [0.2, 0.25) is 0 Å². The second kappa shape index (κ2) is 6.65. The van der Waals surface area contributed by atoms with E-state index in [1.54, 1.807) is 0 Å². The maximum atomic E-state index is 8.89. The number of pyridine rings is 1. The third-order valence-electron chi connectivity index (χ3n) is 3.26. The van der Waals surface area contributed by atoms with Crippen LogP contribution in [0.5, 0.6) is 0 Å². The van der Waals surface area contributed by atoms with Crippen molar-refractivity contribution in [2.24, 2.45) is 5.84 Å². The Labute approximate surface area is 107 Å². The highest BCUT2D eigenvalue weighted by atomic mass is 16.3. The highest BCUT2D eigenvalue weighted by molar-refractivity contribution is 5.33. The highest BCUT2D eigenvalue weighted by Gasteiger charge is 2.16. The van der Waals surface area contributed by atoms with Gasteiger partial charge in [0.15, 0.2) is 0 Å². The quantitative estimate of drug-likeness (QED) is 0.483. The number of anilines is 1. The Morgan fingerprint density at radius 2 is 1.94 bits per heavy atom. The minimum atomic E-state index is 0.247. The summed E-state index contributed by atoms with van der Waals surface area (Å²) in [5, 5.41) is 8.89. The molecule has 0 aromatic carbocycles. The Balaban J connectivity index is 1.80. The fourth-order valence-electron chi connectivity index (χ4n) is 2.17. The van der Waals surface area contributed by atoms with Gasteiger partial charge in [-0.3, -0.25) is 9.80 Å². The molecule has 0 spiro atoms. The average molecular weight is 251 g/mol. The van der Waals surface area contributed by atoms with Crippen molar-refractivity contribution in [3.05, 3.63) is 23.9 Å². The molecule has 0 aliphatic carbocycles. The molecule has 1 aliphatic rings. The van der Waals surface area contributed by atoms with Gasteiger partial charge in [-0.15, -0.1) is 0 Å². The zero-order chi connectivity index (χ0) is 12.8. The Morgan fingerprint density at radius 3 is 2.50 bits per heavy atom. The Bertz CT molecular complexity index is 348. The van der Waals surface area contributed by atoms with Gasteiger partial charge in [0.1, 0.15) is 5.82 Å². The number of aliphatic hydroxyl groups excluding tert-OH is 1. The van der Waals surface area contributed by atoms with Gasteiger partial charge in [0, 0.05) is 45.5 Å². The Kier molecular flexibility index (Phi) is 4.89. The van der Waals surface area contributed by atoms with Crippen LogP contribution < -0.4 is 11.3 Å². The van der Waals surface area contributed by atoms with Crippen molar-refractivity contribution < 1.29 is 5.11 Å². The highest BCUT2D eigenvalue weighted by Crippen LogP contribution is 2.09. The molecule has 1 fully saturated rings. The van der Waals surface area contributed by atoms with Crippen molar-refractivity contribution in [2.75, 3.05) is 44.8 Å². The second-order valence-corrected chi connectivity index (χ2v) is 4.54. The molecule has 1 aliphatic heterocycles. The maximum absolute atomic E-state index is 8.89. The molecule has 2 heterocycles. The van der Waals surface area contributed by atoms with Crippen LogP contribution in [0.15, 0.2) is 18.3 Å². The van der Waals surface area contributed by atoms with Gasteiger partial charge in [0.05, 0.1) is 6.61 Å². The lowest BCUT2D eigenvalue weighted by Gasteiger charge is -2.34. The molecule has 2 rings (SSSR count). The van der Waals surface area contributed by atoms with Crippen LogP contribution in [0.25, 0.3) is 0 Å². The Morgan fingerprint density at radius 1 is 1.22 bits per heavy atom. The van der Waals surface area contributed by atoms with Crippen LogP contribution in [-0.4, -0.2) is 59.2 Å². The predicted molar refractivity (Wildman–Crippen MR) is 70.8 cm³/mol. The molecule has 18 heavy (non-hydrogen) atoms. The minimum Gasteiger partial charge on any atom is -0.395 e. The third-order valence-corrected chi connectivity index (χ3v) is 3.26. The normalized spacial score (nSPS) is 17.9. The first-order valence-corrected chi connectivity index (χ1v) is 6.29. The number of hydrogen-bond donors (Lipinski definition) is 3. The van der Waals surface area contributed by atoms with Crippen molar-refractivity contribution in [1.29, 1.82) is 0 Å². The summed E-state index contributed by atoms with van der Waals surface area (Å²) in [7, 11) is 0. The zero-order valence-electron chi connectivity index (χ0n) is 10.5. The summed E-state index contributed by atoms with van der Waals surface area (Å²) in [6.45, 7) is 6.08. The van der Waals surface area contributed by atoms with E-state index < -0.39 is 0 Å². The van der Waals surface area contributed by atoms with Crippen LogP contribution in [-0.2, 0) is 6.54 Å². The zero-order valence-corrected chi connectivity index (χ0v) is 10.5. The molecule has 1 aromatic rings. The molecule has 0 unspecified atom stereocenters. The van der Waals surface area contributed by atoms with Gasteiger partial charge in [-0.25, -0.2) is 10.8 Å². The summed E-state index contributed by atoms with van der Waals surface area (Å²) in [5.41, 5.74) is 3.72. The lowest BCUT2D eigenvalue weighted by atomic mass is 10.2. The lowest BCUT2D eigenvalue weighted by Crippen LogP contribution is -2.46. The first-order chi connectivity index (χ1) is 8.81. The number of nitrogens with zero attached hydrogens (tertiary/aromatic N) is 3. The molecule has 0 saturated carbocycles. The number of nitrogens with two attached hydrogens (primary N) is 1. The predicted octanol–water partition coefficient (Wildman–Crippen LogP) is -0.523. The smallest absolute Gasteiger partial charge is 0.139 e. The standard InChI is InChI=1S/C12H21N5O/c13-15-12-2-1-11(9-14-12)10-17-5-3-16(4-6-17)7-8-18/h1-2,9,18H,3-8,10,13H2,(H,14,15). The monoisotopic (exact) mass is 251 g/mol. The van der Waals surface area contributed by atoms with Crippen LogP contribution in [0.4, 0.5) is 5.82 Å². The third kappa shape index (κ3) is 3.64. The molecule has 0 amide bonds. The molecular weight excluding hydrogens is 230 g/mol. The molecule has 0 radical (unpaired) electrons. The number of aromatic nitrogens is 1. The topological polar surface area (TPSA) is 77.7 Å². The number of rotatable bonds is 5. The summed E-state index contributed by atoms with van der Waals surface area (Å²) in [5.74, 6) is 5.97. The van der Waals surface area contributed by atoms with Gasteiger partial charge in [-0.2, -0.15) is 0 Å². The SMILES string of the molecule is NNc1ccc(CN2CCN(CCO)CC2)cn1. The van der Waals surface area contributed by atoms with Crippen LogP contribution in [0.1, 0.15) is 5.56 Å². The van der Waals surface area contributed by atoms with Gasteiger partial charge in [-0.05, 0) is 11.6 Å². The molecule has 6 nitrogen and oxygen atoms in total. The van der Waals surface area contributed by atoms with Crippen molar-refractivity contribution in [3.8, 4) is 0 Å². The Hall–Kier alpha value is -1.21. The first kappa shape index (κ1) is 13.2. The maximum Gasteiger partial charge on any atom is 0.139 e. The summed E-state index contributed by atoms with van der Waals surface area (Å²) in [4.78, 5) is 8.89. The van der Waals surface area contributed by atoms with E-state index in [0.717, 1.165) is 39.3 Å². The minimum absolute atomic E-state index is 0.247. The van der Waals surface area contributed by atoms with Crippen molar-refractivity contribution in [2.45, 2.75) is 6.54 Å². The van der Waals surface area contributed by atoms with Crippen LogP contribution in [0.3, 0.4) is 0 Å². The van der Waals surface area contributed by atoms with Crippen molar-refractivity contribution in [1.82, 2.24) is 14.8 Å². The van der Waals surface area contributed by atoms with E-state index in [0.29, 0.717) is 5.82 Å². The largest absolute Gasteiger partial charge is 0.395 e. The van der Waals surface area contributed by atoms with E-state index in [2.05, 4.69) is 20.2 Å². The van der Waals surface area contributed by atoms with E-state index >= 15 is 0 Å². The number of piperazine rings is 1. The van der Waals surface area contributed by atoms with Gasteiger partial charge in [0.25, 0.3) is 0 Å². The van der Waals surface area contributed by atoms with Crippen LogP contribution in [0.2, 0.25) is 0 Å². The summed E-state index contributed by atoms with van der Waals surface area (Å²) >= 11 is 0. The fraction of sp³-hybridized carbons (Fsp3) is 0.583. The molecular formula is C12H21N5O. The second-order valence-electron chi connectivity index (χ2n) is 4.54. The molecule has 1 aromatic heterocycles. The van der Waals surface area contributed by atoms with Crippen molar-refractivity contribution >= 4 is 5.82 Å². The number of nitrogens with one attached hydrogen (secondary N) is 1. The van der Waals surface area contributed by atoms with Crippen molar-refractivity contribution in [3.63, 3.8) is 0 Å². The number of nitrogen functional groups attached to an aromatic ring is 1. The molecule has 0 bridgehead atoms. The van der Waals surface area contributed by atoms with Gasteiger partial charge >= 0.3 is 0 Å². The lowest BCUT2D eigenvalue weighted by molar-refractivity contribution is 0.108. The van der Waals surface area contributed by atoms with Crippen LogP contribution >= 0.6 is 0 Å². The average Bonchev–Trinajstić information content (AvgIpc) is 2.42. The number of hydrogen-bond acceptors (Lipinski definition) is 6. The number of β-amino-alcohol motifs (C(OH)–C–C–N with tert-alkyl or cyclic N) is 1. The van der Waals surface area contributed by atoms with Gasteiger partial charge in [-0.1, -0.05) is 6.07 Å². The number of hydrazine groups is 1.